The van der Waals surface area contributed by atoms with E-state index >= 15 is 0 Å². The summed E-state index contributed by atoms with van der Waals surface area (Å²) in [4.78, 5) is 17.1. The average Bonchev–Trinajstić information content (AvgIpc) is 3.36. The Hall–Kier alpha value is -2.53. The Labute approximate surface area is 165 Å². The highest BCUT2D eigenvalue weighted by Crippen LogP contribution is 2.29. The standard InChI is InChI=1S/C23H26N2O3/c26-23(25-8-1-2-9-25)19-4-6-22-20(14-19)16-24(10-12-28-22)15-17-3-5-21-18(13-17)7-11-27-21/h3-6,13-14H,1-2,7-12,15-16H2. The molecule has 0 aromatic heterocycles. The van der Waals surface area contributed by atoms with Gasteiger partial charge in [0.15, 0.2) is 0 Å². The Morgan fingerprint density at radius 1 is 0.893 bits per heavy atom. The zero-order valence-corrected chi connectivity index (χ0v) is 16.2. The van der Waals surface area contributed by atoms with Gasteiger partial charge in [-0.05, 0) is 48.2 Å². The zero-order chi connectivity index (χ0) is 18.9. The van der Waals surface area contributed by atoms with Crippen molar-refractivity contribution in [1.29, 1.82) is 0 Å². The van der Waals surface area contributed by atoms with Crippen LogP contribution in [0.1, 0.15) is 39.9 Å². The number of likely N-dealkylation sites (tertiary alicyclic amines) is 1. The largest absolute Gasteiger partial charge is 0.493 e. The van der Waals surface area contributed by atoms with Gasteiger partial charge in [-0.15, -0.1) is 0 Å². The number of carbonyl (C=O) groups is 1. The van der Waals surface area contributed by atoms with E-state index in [0.717, 1.165) is 81.2 Å². The smallest absolute Gasteiger partial charge is 0.253 e. The van der Waals surface area contributed by atoms with Crippen LogP contribution in [0, 0.1) is 0 Å². The van der Waals surface area contributed by atoms with Crippen LogP contribution < -0.4 is 9.47 Å². The van der Waals surface area contributed by atoms with Crippen LogP contribution in [0.2, 0.25) is 0 Å². The van der Waals surface area contributed by atoms with E-state index in [4.69, 9.17) is 9.47 Å². The molecule has 0 N–H and O–H groups in total. The summed E-state index contributed by atoms with van der Waals surface area (Å²) in [5, 5.41) is 0. The van der Waals surface area contributed by atoms with Crippen molar-refractivity contribution >= 4 is 5.91 Å². The van der Waals surface area contributed by atoms with Crippen LogP contribution >= 0.6 is 0 Å². The van der Waals surface area contributed by atoms with Gasteiger partial charge in [0.25, 0.3) is 5.91 Å². The van der Waals surface area contributed by atoms with Crippen molar-refractivity contribution in [3.05, 3.63) is 58.7 Å². The van der Waals surface area contributed by atoms with Crippen LogP contribution in [0.5, 0.6) is 11.5 Å². The maximum atomic E-state index is 12.8. The van der Waals surface area contributed by atoms with E-state index in [1.165, 1.54) is 11.1 Å². The molecule has 5 heteroatoms. The molecule has 28 heavy (non-hydrogen) atoms. The fourth-order valence-corrected chi connectivity index (χ4v) is 4.42. The van der Waals surface area contributed by atoms with Crippen molar-refractivity contribution in [2.24, 2.45) is 0 Å². The average molecular weight is 378 g/mol. The number of benzene rings is 2. The number of hydrogen-bond acceptors (Lipinski definition) is 4. The van der Waals surface area contributed by atoms with Gasteiger partial charge in [-0.25, -0.2) is 0 Å². The lowest BCUT2D eigenvalue weighted by Gasteiger charge is -2.20. The lowest BCUT2D eigenvalue weighted by molar-refractivity contribution is 0.0792. The molecule has 1 amide bonds. The lowest BCUT2D eigenvalue weighted by atomic mass is 10.1. The maximum absolute atomic E-state index is 12.8. The summed E-state index contributed by atoms with van der Waals surface area (Å²) in [6.45, 7) is 5.75. The quantitative estimate of drug-likeness (QED) is 0.822. The van der Waals surface area contributed by atoms with Crippen LogP contribution in [0.3, 0.4) is 0 Å². The summed E-state index contributed by atoms with van der Waals surface area (Å²) in [6.07, 6.45) is 3.22. The summed E-state index contributed by atoms with van der Waals surface area (Å²) in [5.41, 5.74) is 4.49. The first-order chi connectivity index (χ1) is 13.8. The first-order valence-corrected chi connectivity index (χ1v) is 10.3. The number of rotatable bonds is 3. The Bertz CT molecular complexity index is 889. The number of fused-ring (bicyclic) bond motifs is 2. The van der Waals surface area contributed by atoms with Crippen LogP contribution in [0.25, 0.3) is 0 Å². The highest BCUT2D eigenvalue weighted by atomic mass is 16.5. The topological polar surface area (TPSA) is 42.0 Å². The van der Waals surface area contributed by atoms with E-state index in [0.29, 0.717) is 6.61 Å². The summed E-state index contributed by atoms with van der Waals surface area (Å²) >= 11 is 0. The van der Waals surface area contributed by atoms with Gasteiger partial charge in [-0.3, -0.25) is 9.69 Å². The van der Waals surface area contributed by atoms with E-state index in [1.54, 1.807) is 0 Å². The van der Waals surface area contributed by atoms with Crippen LogP contribution in [0.4, 0.5) is 0 Å². The van der Waals surface area contributed by atoms with Gasteiger partial charge in [0.05, 0.1) is 6.61 Å². The molecule has 3 heterocycles. The predicted molar refractivity (Wildman–Crippen MR) is 107 cm³/mol. The minimum absolute atomic E-state index is 0.148. The van der Waals surface area contributed by atoms with E-state index in [1.807, 2.05) is 23.1 Å². The van der Waals surface area contributed by atoms with E-state index in [2.05, 4.69) is 23.1 Å². The van der Waals surface area contributed by atoms with Crippen LogP contribution in [0.15, 0.2) is 36.4 Å². The van der Waals surface area contributed by atoms with Gasteiger partial charge < -0.3 is 14.4 Å². The summed E-state index contributed by atoms with van der Waals surface area (Å²) < 4.78 is 11.6. The van der Waals surface area contributed by atoms with Crippen LogP contribution in [-0.4, -0.2) is 48.6 Å². The van der Waals surface area contributed by atoms with Gasteiger partial charge in [0.2, 0.25) is 0 Å². The minimum atomic E-state index is 0.148. The molecule has 0 atom stereocenters. The summed E-state index contributed by atoms with van der Waals surface area (Å²) in [7, 11) is 0. The van der Waals surface area contributed by atoms with Crippen molar-refractivity contribution in [3.8, 4) is 11.5 Å². The Kier molecular flexibility index (Phi) is 4.69. The monoisotopic (exact) mass is 378 g/mol. The van der Waals surface area contributed by atoms with Gasteiger partial charge >= 0.3 is 0 Å². The number of hydrogen-bond donors (Lipinski definition) is 0. The zero-order valence-electron chi connectivity index (χ0n) is 16.2. The molecule has 0 spiro atoms. The number of ether oxygens (including phenoxy) is 2. The van der Waals surface area contributed by atoms with E-state index in [-0.39, 0.29) is 5.91 Å². The molecule has 1 fully saturated rings. The second-order valence-corrected chi connectivity index (χ2v) is 7.92. The molecule has 0 unspecified atom stereocenters. The molecule has 5 nitrogen and oxygen atoms in total. The maximum Gasteiger partial charge on any atom is 0.253 e. The first-order valence-electron chi connectivity index (χ1n) is 10.3. The number of carbonyl (C=O) groups excluding carboxylic acids is 1. The Balaban J connectivity index is 1.34. The Morgan fingerprint density at radius 3 is 2.57 bits per heavy atom. The predicted octanol–water partition coefficient (Wildman–Crippen LogP) is 3.25. The first kappa shape index (κ1) is 17.6. The molecule has 3 aliphatic rings. The summed E-state index contributed by atoms with van der Waals surface area (Å²) in [6, 6.07) is 12.4. The molecule has 0 aliphatic carbocycles. The normalized spacial score (nSPS) is 18.8. The minimum Gasteiger partial charge on any atom is -0.493 e. The molecule has 2 aromatic rings. The van der Waals surface area contributed by atoms with E-state index < -0.39 is 0 Å². The van der Waals surface area contributed by atoms with Gasteiger partial charge in [-0.2, -0.15) is 0 Å². The molecule has 1 saturated heterocycles. The third-order valence-corrected chi connectivity index (χ3v) is 5.92. The fraction of sp³-hybridized carbons (Fsp3) is 0.435. The van der Waals surface area contributed by atoms with Crippen molar-refractivity contribution in [2.45, 2.75) is 32.4 Å². The van der Waals surface area contributed by atoms with Crippen molar-refractivity contribution < 1.29 is 14.3 Å². The second-order valence-electron chi connectivity index (χ2n) is 7.92. The molecule has 0 saturated carbocycles. The third kappa shape index (κ3) is 3.47. The number of amides is 1. The lowest BCUT2D eigenvalue weighted by Crippen LogP contribution is -2.28. The molecule has 5 rings (SSSR count). The molecule has 0 bridgehead atoms. The fourth-order valence-electron chi connectivity index (χ4n) is 4.42. The van der Waals surface area contributed by atoms with Gasteiger partial charge in [-0.1, -0.05) is 12.1 Å². The van der Waals surface area contributed by atoms with Crippen molar-refractivity contribution in [1.82, 2.24) is 9.80 Å². The molecular formula is C23H26N2O3. The SMILES string of the molecule is O=C(c1ccc2c(c1)CN(Cc1ccc3c(c1)CCO3)CCO2)N1CCCC1. The molecule has 0 radical (unpaired) electrons. The van der Waals surface area contributed by atoms with Crippen molar-refractivity contribution in [2.75, 3.05) is 32.8 Å². The third-order valence-electron chi connectivity index (χ3n) is 5.92. The Morgan fingerprint density at radius 2 is 1.68 bits per heavy atom. The second kappa shape index (κ2) is 7.47. The van der Waals surface area contributed by atoms with Gasteiger partial charge in [0.1, 0.15) is 18.1 Å². The van der Waals surface area contributed by atoms with E-state index in [9.17, 15) is 4.79 Å². The van der Waals surface area contributed by atoms with Gasteiger partial charge in [0, 0.05) is 50.3 Å². The highest BCUT2D eigenvalue weighted by Gasteiger charge is 2.22. The summed E-state index contributed by atoms with van der Waals surface area (Å²) in [5.74, 6) is 2.08. The highest BCUT2D eigenvalue weighted by molar-refractivity contribution is 5.94. The molecule has 3 aliphatic heterocycles. The molecular weight excluding hydrogens is 352 g/mol. The van der Waals surface area contributed by atoms with Crippen molar-refractivity contribution in [3.63, 3.8) is 0 Å². The number of nitrogens with zero attached hydrogens (tertiary/aromatic N) is 2. The molecule has 2 aromatic carbocycles. The van der Waals surface area contributed by atoms with Crippen LogP contribution in [-0.2, 0) is 19.5 Å². The molecule has 146 valence electrons.